The van der Waals surface area contributed by atoms with Gasteiger partial charge in [0.25, 0.3) is 5.91 Å². The van der Waals surface area contributed by atoms with Gasteiger partial charge in [0, 0.05) is 36.6 Å². The maximum Gasteiger partial charge on any atom is 0.251 e. The third-order valence-electron chi connectivity index (χ3n) is 2.44. The molecule has 0 unspecified atom stereocenters. The molecule has 0 heterocycles. The van der Waals surface area contributed by atoms with Crippen molar-refractivity contribution in [2.45, 2.75) is 12.8 Å². The summed E-state index contributed by atoms with van der Waals surface area (Å²) in [5, 5.41) is 6.00. The Bertz CT molecular complexity index is 420. The molecule has 19 heavy (non-hydrogen) atoms. The number of amides is 2. The summed E-state index contributed by atoms with van der Waals surface area (Å²) in [7, 11) is 0. The van der Waals surface area contributed by atoms with Crippen LogP contribution in [-0.2, 0) is 4.79 Å². The quantitative estimate of drug-likeness (QED) is 0.651. The Balaban J connectivity index is 2.20. The van der Waals surface area contributed by atoms with Crippen molar-refractivity contribution in [2.75, 3.05) is 19.6 Å². The van der Waals surface area contributed by atoms with Crippen molar-refractivity contribution < 1.29 is 9.59 Å². The molecule has 5 nitrogen and oxygen atoms in total. The molecule has 0 saturated heterocycles. The largest absolute Gasteiger partial charge is 0.355 e. The lowest BCUT2D eigenvalue weighted by Crippen LogP contribution is -2.30. The molecule has 0 radical (unpaired) electrons. The van der Waals surface area contributed by atoms with Gasteiger partial charge in [0.05, 0.1) is 0 Å². The third-order valence-corrected chi connectivity index (χ3v) is 2.69. The molecule has 0 fully saturated rings. The van der Waals surface area contributed by atoms with Gasteiger partial charge in [0.1, 0.15) is 0 Å². The summed E-state index contributed by atoms with van der Waals surface area (Å²) in [6, 6.07) is 6.64. The Labute approximate surface area is 117 Å². The van der Waals surface area contributed by atoms with E-state index in [-0.39, 0.29) is 11.8 Å². The van der Waals surface area contributed by atoms with Crippen molar-refractivity contribution in [1.29, 1.82) is 0 Å². The fourth-order valence-electron chi connectivity index (χ4n) is 1.45. The maximum atomic E-state index is 11.7. The summed E-state index contributed by atoms with van der Waals surface area (Å²) in [6.45, 7) is 1.37. The zero-order valence-electron chi connectivity index (χ0n) is 10.6. The van der Waals surface area contributed by atoms with Crippen molar-refractivity contribution in [2.24, 2.45) is 5.73 Å². The van der Waals surface area contributed by atoms with Crippen molar-refractivity contribution in [3.05, 3.63) is 34.9 Å². The second kappa shape index (κ2) is 8.50. The van der Waals surface area contributed by atoms with E-state index in [0.29, 0.717) is 43.1 Å². The molecular weight excluding hydrogens is 266 g/mol. The van der Waals surface area contributed by atoms with Gasteiger partial charge in [-0.05, 0) is 30.7 Å². The van der Waals surface area contributed by atoms with Crippen molar-refractivity contribution in [3.63, 3.8) is 0 Å². The molecule has 0 spiro atoms. The molecule has 1 rings (SSSR count). The smallest absolute Gasteiger partial charge is 0.251 e. The number of hydrogen-bond acceptors (Lipinski definition) is 3. The monoisotopic (exact) mass is 283 g/mol. The highest BCUT2D eigenvalue weighted by Crippen LogP contribution is 2.09. The number of carbonyl (C=O) groups is 2. The van der Waals surface area contributed by atoms with E-state index < -0.39 is 0 Å². The number of nitrogens with two attached hydrogens (primary N) is 1. The van der Waals surface area contributed by atoms with Crippen LogP contribution in [0.4, 0.5) is 0 Å². The normalized spacial score (nSPS) is 10.0. The van der Waals surface area contributed by atoms with Crippen LogP contribution in [0.3, 0.4) is 0 Å². The molecule has 1 aromatic rings. The summed E-state index contributed by atoms with van der Waals surface area (Å²) >= 11 is 5.73. The van der Waals surface area contributed by atoms with Gasteiger partial charge in [0.2, 0.25) is 5.91 Å². The fraction of sp³-hybridized carbons (Fsp3) is 0.385. The van der Waals surface area contributed by atoms with Gasteiger partial charge >= 0.3 is 0 Å². The minimum absolute atomic E-state index is 0.0498. The lowest BCUT2D eigenvalue weighted by molar-refractivity contribution is -0.121. The minimum Gasteiger partial charge on any atom is -0.355 e. The number of carbonyl (C=O) groups excluding carboxylic acids is 2. The van der Waals surface area contributed by atoms with E-state index in [9.17, 15) is 9.59 Å². The molecule has 0 saturated carbocycles. The van der Waals surface area contributed by atoms with Crippen LogP contribution in [-0.4, -0.2) is 31.4 Å². The molecule has 4 N–H and O–H groups in total. The van der Waals surface area contributed by atoms with Gasteiger partial charge in [-0.15, -0.1) is 0 Å². The first-order valence-corrected chi connectivity index (χ1v) is 6.52. The predicted octanol–water partition coefficient (Wildman–Crippen LogP) is 0.925. The van der Waals surface area contributed by atoms with E-state index in [1.807, 2.05) is 0 Å². The van der Waals surface area contributed by atoms with E-state index in [4.69, 9.17) is 17.3 Å². The second-order valence-corrected chi connectivity index (χ2v) is 4.44. The molecule has 6 heteroatoms. The summed E-state index contributed by atoms with van der Waals surface area (Å²) in [5.41, 5.74) is 5.82. The standard InChI is InChI=1S/C13H18ClN3O2/c14-11-5-3-10(4-6-11)13(19)17-8-1-2-12(18)16-9-7-15/h3-6H,1-2,7-9,15H2,(H,16,18)(H,17,19). The van der Waals surface area contributed by atoms with E-state index in [2.05, 4.69) is 10.6 Å². The molecular formula is C13H18ClN3O2. The van der Waals surface area contributed by atoms with Crippen molar-refractivity contribution in [3.8, 4) is 0 Å². The molecule has 0 aliphatic rings. The summed E-state index contributed by atoms with van der Waals surface area (Å²) in [5.74, 6) is -0.217. The lowest BCUT2D eigenvalue weighted by atomic mass is 10.2. The molecule has 0 aliphatic heterocycles. The Morgan fingerprint density at radius 2 is 1.79 bits per heavy atom. The van der Waals surface area contributed by atoms with Gasteiger partial charge in [-0.25, -0.2) is 0 Å². The van der Waals surface area contributed by atoms with Crippen LogP contribution in [0.25, 0.3) is 0 Å². The number of benzene rings is 1. The van der Waals surface area contributed by atoms with Crippen LogP contribution >= 0.6 is 11.6 Å². The molecule has 1 aromatic carbocycles. The number of halogens is 1. The maximum absolute atomic E-state index is 11.7. The van der Waals surface area contributed by atoms with E-state index in [0.717, 1.165) is 0 Å². The van der Waals surface area contributed by atoms with Crippen LogP contribution in [0, 0.1) is 0 Å². The highest BCUT2D eigenvalue weighted by Gasteiger charge is 2.05. The fourth-order valence-corrected chi connectivity index (χ4v) is 1.58. The Morgan fingerprint density at radius 1 is 1.11 bits per heavy atom. The predicted molar refractivity (Wildman–Crippen MR) is 75.1 cm³/mol. The highest BCUT2D eigenvalue weighted by molar-refractivity contribution is 6.30. The van der Waals surface area contributed by atoms with Crippen molar-refractivity contribution >= 4 is 23.4 Å². The average Bonchev–Trinajstić information content (AvgIpc) is 2.41. The van der Waals surface area contributed by atoms with E-state index in [1.165, 1.54) is 0 Å². The first-order chi connectivity index (χ1) is 9.13. The van der Waals surface area contributed by atoms with E-state index in [1.54, 1.807) is 24.3 Å². The number of hydrogen-bond donors (Lipinski definition) is 3. The van der Waals surface area contributed by atoms with Crippen LogP contribution < -0.4 is 16.4 Å². The number of rotatable bonds is 7. The molecule has 2 amide bonds. The average molecular weight is 284 g/mol. The summed E-state index contributed by atoms with van der Waals surface area (Å²) in [6.07, 6.45) is 0.969. The van der Waals surface area contributed by atoms with Gasteiger partial charge in [-0.3, -0.25) is 9.59 Å². The Hall–Kier alpha value is -1.59. The summed E-state index contributed by atoms with van der Waals surface area (Å²) < 4.78 is 0. The van der Waals surface area contributed by atoms with Gasteiger partial charge in [-0.1, -0.05) is 11.6 Å². The topological polar surface area (TPSA) is 84.2 Å². The first kappa shape index (κ1) is 15.5. The van der Waals surface area contributed by atoms with Crippen LogP contribution in [0.2, 0.25) is 5.02 Å². The molecule has 0 atom stereocenters. The van der Waals surface area contributed by atoms with Gasteiger partial charge < -0.3 is 16.4 Å². The Kier molecular flexibility index (Phi) is 6.92. The van der Waals surface area contributed by atoms with Gasteiger partial charge in [0.15, 0.2) is 0 Å². The summed E-state index contributed by atoms with van der Waals surface area (Å²) in [4.78, 5) is 23.0. The van der Waals surface area contributed by atoms with Crippen LogP contribution in [0.1, 0.15) is 23.2 Å². The molecule has 104 valence electrons. The zero-order chi connectivity index (χ0) is 14.1. The van der Waals surface area contributed by atoms with E-state index >= 15 is 0 Å². The SMILES string of the molecule is NCCNC(=O)CCCNC(=O)c1ccc(Cl)cc1. The minimum atomic E-state index is -0.168. The van der Waals surface area contributed by atoms with Crippen LogP contribution in [0.5, 0.6) is 0 Å². The molecule has 0 bridgehead atoms. The lowest BCUT2D eigenvalue weighted by Gasteiger charge is -2.06. The molecule has 0 aliphatic carbocycles. The zero-order valence-corrected chi connectivity index (χ0v) is 11.4. The van der Waals surface area contributed by atoms with Crippen molar-refractivity contribution in [1.82, 2.24) is 10.6 Å². The van der Waals surface area contributed by atoms with Crippen LogP contribution in [0.15, 0.2) is 24.3 Å². The first-order valence-electron chi connectivity index (χ1n) is 6.14. The second-order valence-electron chi connectivity index (χ2n) is 4.00. The third kappa shape index (κ3) is 6.22. The molecule has 0 aromatic heterocycles. The van der Waals surface area contributed by atoms with Gasteiger partial charge in [-0.2, -0.15) is 0 Å². The number of nitrogens with one attached hydrogen (secondary N) is 2. The highest BCUT2D eigenvalue weighted by atomic mass is 35.5. The Morgan fingerprint density at radius 3 is 2.42 bits per heavy atom.